The number of carbonyl (C=O) groups is 1. The Labute approximate surface area is 155 Å². The standard InChI is InChI=1S/C18H20FN5OS/c1-12(23(2)3)17-21-22-18(24(17)14-8-6-13(19)7-9-14)26-11-16(25)15-5-4-10-20-15/h4-10,12,20H,11H2,1-3H3/t12-/m1/s1. The van der Waals surface area contributed by atoms with Crippen molar-refractivity contribution in [3.8, 4) is 5.69 Å². The van der Waals surface area contributed by atoms with Crippen molar-refractivity contribution in [1.82, 2.24) is 24.6 Å². The molecule has 2 aromatic heterocycles. The summed E-state index contributed by atoms with van der Waals surface area (Å²) in [4.78, 5) is 17.2. The molecule has 0 saturated heterocycles. The van der Waals surface area contributed by atoms with Gasteiger partial charge in [-0.3, -0.25) is 14.3 Å². The molecular formula is C18H20FN5OS. The predicted molar refractivity (Wildman–Crippen MR) is 99.3 cm³/mol. The number of Topliss-reactive ketones (excluding diaryl/α,β-unsaturated/α-hetero) is 1. The Morgan fingerprint density at radius 3 is 2.62 bits per heavy atom. The van der Waals surface area contributed by atoms with Crippen LogP contribution in [0, 0.1) is 5.82 Å². The van der Waals surface area contributed by atoms with Crippen molar-refractivity contribution in [2.24, 2.45) is 0 Å². The SMILES string of the molecule is C[C@H](c1nnc(SCC(=O)c2ccc[nH]2)n1-c1ccc(F)cc1)N(C)C. The van der Waals surface area contributed by atoms with E-state index in [1.165, 1.54) is 23.9 Å². The van der Waals surface area contributed by atoms with Crippen LogP contribution in [0.15, 0.2) is 47.8 Å². The molecule has 6 nitrogen and oxygen atoms in total. The molecule has 0 radical (unpaired) electrons. The van der Waals surface area contributed by atoms with Crippen LogP contribution in [-0.4, -0.2) is 50.3 Å². The van der Waals surface area contributed by atoms with E-state index in [9.17, 15) is 9.18 Å². The van der Waals surface area contributed by atoms with Crippen LogP contribution >= 0.6 is 11.8 Å². The molecule has 3 rings (SSSR count). The summed E-state index contributed by atoms with van der Waals surface area (Å²) >= 11 is 1.31. The first-order valence-electron chi connectivity index (χ1n) is 8.14. The van der Waals surface area contributed by atoms with Gasteiger partial charge in [0.1, 0.15) is 5.82 Å². The van der Waals surface area contributed by atoms with Crippen molar-refractivity contribution in [2.45, 2.75) is 18.1 Å². The monoisotopic (exact) mass is 373 g/mol. The molecule has 0 aliphatic rings. The topological polar surface area (TPSA) is 66.8 Å². The Morgan fingerprint density at radius 1 is 1.27 bits per heavy atom. The Bertz CT molecular complexity index is 874. The molecule has 1 aromatic carbocycles. The van der Waals surface area contributed by atoms with E-state index < -0.39 is 0 Å². The molecule has 1 atom stereocenters. The highest BCUT2D eigenvalue weighted by atomic mass is 32.2. The molecule has 0 fully saturated rings. The zero-order valence-corrected chi connectivity index (χ0v) is 15.6. The predicted octanol–water partition coefficient (Wildman–Crippen LogP) is 3.33. The summed E-state index contributed by atoms with van der Waals surface area (Å²) < 4.78 is 15.2. The fraction of sp³-hybridized carbons (Fsp3) is 0.278. The van der Waals surface area contributed by atoms with Crippen molar-refractivity contribution < 1.29 is 9.18 Å². The molecule has 0 unspecified atom stereocenters. The molecule has 0 bridgehead atoms. The maximum atomic E-state index is 13.3. The normalized spacial score (nSPS) is 12.5. The summed E-state index contributed by atoms with van der Waals surface area (Å²) in [6, 6.07) is 9.70. The Balaban J connectivity index is 1.91. The number of ketones is 1. The molecule has 2 heterocycles. The largest absolute Gasteiger partial charge is 0.359 e. The average molecular weight is 373 g/mol. The number of nitrogens with zero attached hydrogens (tertiary/aromatic N) is 4. The first-order chi connectivity index (χ1) is 12.5. The summed E-state index contributed by atoms with van der Waals surface area (Å²) in [5, 5.41) is 9.18. The summed E-state index contributed by atoms with van der Waals surface area (Å²) in [6.45, 7) is 2.02. The number of thioether (sulfide) groups is 1. The number of H-pyrrole nitrogens is 1. The number of hydrogen-bond acceptors (Lipinski definition) is 5. The van der Waals surface area contributed by atoms with Gasteiger partial charge >= 0.3 is 0 Å². The van der Waals surface area contributed by atoms with Gasteiger partial charge in [0.25, 0.3) is 0 Å². The van der Waals surface area contributed by atoms with Gasteiger partial charge in [-0.15, -0.1) is 10.2 Å². The number of hydrogen-bond donors (Lipinski definition) is 1. The van der Waals surface area contributed by atoms with Crippen LogP contribution in [-0.2, 0) is 0 Å². The van der Waals surface area contributed by atoms with Crippen LogP contribution in [0.3, 0.4) is 0 Å². The number of aromatic amines is 1. The Hall–Kier alpha value is -2.45. The van der Waals surface area contributed by atoms with Gasteiger partial charge in [0.15, 0.2) is 16.8 Å². The third-order valence-corrected chi connectivity index (χ3v) is 5.05. The molecule has 8 heteroatoms. The Kier molecular flexibility index (Phi) is 5.53. The van der Waals surface area contributed by atoms with E-state index in [1.807, 2.05) is 30.5 Å². The Morgan fingerprint density at radius 2 is 2.00 bits per heavy atom. The van der Waals surface area contributed by atoms with Crippen LogP contribution in [0.4, 0.5) is 4.39 Å². The third-order valence-electron chi connectivity index (χ3n) is 4.12. The summed E-state index contributed by atoms with van der Waals surface area (Å²) in [7, 11) is 3.91. The van der Waals surface area contributed by atoms with Gasteiger partial charge in [0.2, 0.25) is 0 Å². The highest BCUT2D eigenvalue weighted by molar-refractivity contribution is 7.99. The van der Waals surface area contributed by atoms with Crippen LogP contribution in [0.5, 0.6) is 0 Å². The molecule has 1 N–H and O–H groups in total. The van der Waals surface area contributed by atoms with Crippen molar-refractivity contribution in [1.29, 1.82) is 0 Å². The van der Waals surface area contributed by atoms with E-state index in [4.69, 9.17) is 0 Å². The van der Waals surface area contributed by atoms with Crippen LogP contribution in [0.1, 0.15) is 29.3 Å². The lowest BCUT2D eigenvalue weighted by atomic mass is 10.2. The zero-order valence-electron chi connectivity index (χ0n) is 14.8. The maximum absolute atomic E-state index is 13.3. The molecule has 3 aromatic rings. The number of halogens is 1. The third kappa shape index (κ3) is 3.86. The number of aromatic nitrogens is 4. The second kappa shape index (κ2) is 7.84. The van der Waals surface area contributed by atoms with Gasteiger partial charge in [-0.2, -0.15) is 0 Å². The second-order valence-electron chi connectivity index (χ2n) is 6.09. The fourth-order valence-corrected chi connectivity index (χ4v) is 3.26. The van der Waals surface area contributed by atoms with E-state index in [2.05, 4.69) is 15.2 Å². The van der Waals surface area contributed by atoms with Crippen molar-refractivity contribution >= 4 is 17.5 Å². The minimum absolute atomic E-state index is 0.000937. The van der Waals surface area contributed by atoms with Crippen LogP contribution < -0.4 is 0 Å². The quantitative estimate of drug-likeness (QED) is 0.508. The lowest BCUT2D eigenvalue weighted by Gasteiger charge is -2.20. The van der Waals surface area contributed by atoms with Gasteiger partial charge in [0.05, 0.1) is 17.5 Å². The smallest absolute Gasteiger partial charge is 0.196 e. The molecule has 0 amide bonds. The van der Waals surface area contributed by atoms with Gasteiger partial charge in [-0.1, -0.05) is 11.8 Å². The summed E-state index contributed by atoms with van der Waals surface area (Å²) in [5.41, 5.74) is 1.32. The van der Waals surface area contributed by atoms with Gasteiger partial charge in [-0.05, 0) is 57.4 Å². The van der Waals surface area contributed by atoms with E-state index in [0.29, 0.717) is 10.9 Å². The van der Waals surface area contributed by atoms with Crippen LogP contribution in [0.2, 0.25) is 0 Å². The number of benzene rings is 1. The van der Waals surface area contributed by atoms with Crippen molar-refractivity contribution in [2.75, 3.05) is 19.8 Å². The van der Waals surface area contributed by atoms with Crippen molar-refractivity contribution in [3.05, 3.63) is 59.9 Å². The van der Waals surface area contributed by atoms with Gasteiger partial charge in [0, 0.05) is 11.9 Å². The summed E-state index contributed by atoms with van der Waals surface area (Å²) in [6.07, 6.45) is 1.72. The molecular weight excluding hydrogens is 353 g/mol. The van der Waals surface area contributed by atoms with Gasteiger partial charge in [-0.25, -0.2) is 4.39 Å². The first-order valence-corrected chi connectivity index (χ1v) is 9.13. The molecule has 0 aliphatic heterocycles. The maximum Gasteiger partial charge on any atom is 0.196 e. The molecule has 0 spiro atoms. The lowest BCUT2D eigenvalue weighted by molar-refractivity contribution is 0.101. The number of rotatable bonds is 7. The highest BCUT2D eigenvalue weighted by Gasteiger charge is 2.21. The lowest BCUT2D eigenvalue weighted by Crippen LogP contribution is -2.20. The second-order valence-corrected chi connectivity index (χ2v) is 7.03. The van der Waals surface area contributed by atoms with Gasteiger partial charge < -0.3 is 4.98 Å². The summed E-state index contributed by atoms with van der Waals surface area (Å²) in [5.74, 6) is 0.642. The average Bonchev–Trinajstić information content (AvgIpc) is 3.29. The minimum Gasteiger partial charge on any atom is -0.359 e. The van der Waals surface area contributed by atoms with Crippen molar-refractivity contribution in [3.63, 3.8) is 0 Å². The molecule has 26 heavy (non-hydrogen) atoms. The highest BCUT2D eigenvalue weighted by Crippen LogP contribution is 2.27. The number of carbonyl (C=O) groups excluding carboxylic acids is 1. The zero-order chi connectivity index (χ0) is 18.7. The fourth-order valence-electron chi connectivity index (χ4n) is 2.42. The van der Waals surface area contributed by atoms with E-state index in [-0.39, 0.29) is 23.4 Å². The number of nitrogens with one attached hydrogen (secondary N) is 1. The molecule has 0 saturated carbocycles. The molecule has 0 aliphatic carbocycles. The molecule has 136 valence electrons. The van der Waals surface area contributed by atoms with E-state index in [0.717, 1.165) is 11.5 Å². The first kappa shape index (κ1) is 18.3. The van der Waals surface area contributed by atoms with Crippen LogP contribution in [0.25, 0.3) is 5.69 Å². The van der Waals surface area contributed by atoms with E-state index >= 15 is 0 Å². The van der Waals surface area contributed by atoms with E-state index in [1.54, 1.807) is 30.5 Å². The minimum atomic E-state index is -0.305.